The highest BCUT2D eigenvalue weighted by molar-refractivity contribution is 9.10. The number of hydrogen-bond acceptors (Lipinski definition) is 3. The molecule has 7 heteroatoms. The van der Waals surface area contributed by atoms with Crippen LogP contribution < -0.4 is 5.32 Å². The standard InChI is InChI=1S/C13H10BrFN2O3/c14-8-4-7(15)3-6-5-17(13(20)11(6)8)9-1-2-10(18)16-12(9)19/h3-4,9H,1-2,5H2,(H,16,18,19). The maximum Gasteiger partial charge on any atom is 0.256 e. The number of carbonyl (C=O) groups excluding carboxylic acids is 3. The van der Waals surface area contributed by atoms with E-state index in [1.165, 1.54) is 17.0 Å². The lowest BCUT2D eigenvalue weighted by Gasteiger charge is -2.29. The molecule has 0 aromatic heterocycles. The quantitative estimate of drug-likeness (QED) is 0.785. The van der Waals surface area contributed by atoms with Crippen LogP contribution in [0.5, 0.6) is 0 Å². The molecule has 2 aliphatic heterocycles. The summed E-state index contributed by atoms with van der Waals surface area (Å²) in [4.78, 5) is 36.7. The van der Waals surface area contributed by atoms with Crippen molar-refractivity contribution in [3.63, 3.8) is 0 Å². The number of halogens is 2. The van der Waals surface area contributed by atoms with Crippen molar-refractivity contribution < 1.29 is 18.8 Å². The second kappa shape index (κ2) is 4.66. The maximum absolute atomic E-state index is 13.4. The van der Waals surface area contributed by atoms with Crippen molar-refractivity contribution in [1.29, 1.82) is 0 Å². The Hall–Kier alpha value is -1.76. The number of hydrogen-bond donors (Lipinski definition) is 1. The van der Waals surface area contributed by atoms with Gasteiger partial charge in [-0.2, -0.15) is 0 Å². The average molecular weight is 341 g/mol. The second-order valence-electron chi connectivity index (χ2n) is 4.82. The Balaban J connectivity index is 1.92. The number of fused-ring (bicyclic) bond motifs is 1. The van der Waals surface area contributed by atoms with Crippen LogP contribution in [0.25, 0.3) is 0 Å². The van der Waals surface area contributed by atoms with Gasteiger partial charge in [0.25, 0.3) is 5.91 Å². The van der Waals surface area contributed by atoms with Crippen molar-refractivity contribution in [2.75, 3.05) is 0 Å². The van der Waals surface area contributed by atoms with E-state index in [4.69, 9.17) is 0 Å². The van der Waals surface area contributed by atoms with Crippen LogP contribution in [0.3, 0.4) is 0 Å². The van der Waals surface area contributed by atoms with Gasteiger partial charge in [0, 0.05) is 17.4 Å². The van der Waals surface area contributed by atoms with Gasteiger partial charge in [0.2, 0.25) is 11.8 Å². The number of carbonyl (C=O) groups is 3. The lowest BCUT2D eigenvalue weighted by Crippen LogP contribution is -2.52. The average Bonchev–Trinajstić information content (AvgIpc) is 2.66. The lowest BCUT2D eigenvalue weighted by atomic mass is 10.0. The molecule has 3 rings (SSSR count). The van der Waals surface area contributed by atoms with Gasteiger partial charge in [-0.05, 0) is 40.0 Å². The van der Waals surface area contributed by atoms with Gasteiger partial charge in [0.05, 0.1) is 5.56 Å². The van der Waals surface area contributed by atoms with Gasteiger partial charge >= 0.3 is 0 Å². The molecule has 0 aliphatic carbocycles. The van der Waals surface area contributed by atoms with Crippen molar-refractivity contribution in [3.05, 3.63) is 33.5 Å². The number of rotatable bonds is 1. The van der Waals surface area contributed by atoms with E-state index >= 15 is 0 Å². The minimum atomic E-state index is -0.678. The zero-order valence-electron chi connectivity index (χ0n) is 10.3. The summed E-state index contributed by atoms with van der Waals surface area (Å²) in [5, 5.41) is 2.22. The van der Waals surface area contributed by atoms with Gasteiger partial charge in [0.1, 0.15) is 11.9 Å². The molecular formula is C13H10BrFN2O3. The van der Waals surface area contributed by atoms with E-state index in [1.54, 1.807) is 0 Å². The van der Waals surface area contributed by atoms with Crippen molar-refractivity contribution in [3.8, 4) is 0 Å². The molecule has 2 heterocycles. The smallest absolute Gasteiger partial charge is 0.256 e. The number of benzene rings is 1. The van der Waals surface area contributed by atoms with E-state index in [2.05, 4.69) is 21.2 Å². The van der Waals surface area contributed by atoms with E-state index in [0.717, 1.165) is 0 Å². The van der Waals surface area contributed by atoms with Crippen molar-refractivity contribution in [2.45, 2.75) is 25.4 Å². The molecule has 1 atom stereocenters. The van der Waals surface area contributed by atoms with Gasteiger partial charge < -0.3 is 4.90 Å². The summed E-state index contributed by atoms with van der Waals surface area (Å²) < 4.78 is 13.7. The van der Waals surface area contributed by atoms with E-state index < -0.39 is 17.8 Å². The molecule has 1 fully saturated rings. The second-order valence-corrected chi connectivity index (χ2v) is 5.68. The number of amides is 3. The fourth-order valence-electron chi connectivity index (χ4n) is 2.62. The minimum Gasteiger partial charge on any atom is -0.322 e. The van der Waals surface area contributed by atoms with Gasteiger partial charge in [-0.25, -0.2) is 4.39 Å². The molecule has 0 radical (unpaired) electrons. The zero-order valence-corrected chi connectivity index (χ0v) is 11.9. The first kappa shape index (κ1) is 13.2. The summed E-state index contributed by atoms with van der Waals surface area (Å²) in [7, 11) is 0. The summed E-state index contributed by atoms with van der Waals surface area (Å²) >= 11 is 3.17. The van der Waals surface area contributed by atoms with Gasteiger partial charge in [-0.15, -0.1) is 0 Å². The molecule has 1 N–H and O–H groups in total. The number of nitrogens with zero attached hydrogens (tertiary/aromatic N) is 1. The first-order valence-electron chi connectivity index (χ1n) is 6.10. The third-order valence-corrected chi connectivity index (χ3v) is 4.16. The van der Waals surface area contributed by atoms with Crippen LogP contribution >= 0.6 is 15.9 Å². The molecule has 1 aromatic rings. The summed E-state index contributed by atoms with van der Waals surface area (Å²) in [6, 6.07) is 1.84. The summed E-state index contributed by atoms with van der Waals surface area (Å²) in [6.07, 6.45) is 0.497. The molecule has 0 spiro atoms. The Morgan fingerprint density at radius 2 is 2.05 bits per heavy atom. The number of piperidine rings is 1. The first-order valence-corrected chi connectivity index (χ1v) is 6.89. The normalized spacial score (nSPS) is 22.0. The third kappa shape index (κ3) is 2.02. The molecule has 5 nitrogen and oxygen atoms in total. The van der Waals surface area contributed by atoms with Crippen LogP contribution in [0, 0.1) is 5.82 Å². The van der Waals surface area contributed by atoms with E-state index in [-0.39, 0.29) is 24.8 Å². The Bertz CT molecular complexity index is 647. The molecule has 1 saturated heterocycles. The first-order chi connectivity index (χ1) is 9.47. The van der Waals surface area contributed by atoms with E-state index in [0.29, 0.717) is 22.0 Å². The van der Waals surface area contributed by atoms with Gasteiger partial charge in [-0.1, -0.05) is 0 Å². The van der Waals surface area contributed by atoms with Crippen LogP contribution in [-0.4, -0.2) is 28.7 Å². The molecule has 1 aromatic carbocycles. The molecule has 20 heavy (non-hydrogen) atoms. The fourth-order valence-corrected chi connectivity index (χ4v) is 3.26. The Morgan fingerprint density at radius 1 is 1.30 bits per heavy atom. The largest absolute Gasteiger partial charge is 0.322 e. The third-order valence-electron chi connectivity index (χ3n) is 3.54. The van der Waals surface area contributed by atoms with Crippen LogP contribution in [0.2, 0.25) is 0 Å². The summed E-state index contributed by atoms with van der Waals surface area (Å²) in [6.45, 7) is 0.177. The molecule has 1 unspecified atom stereocenters. The predicted octanol–water partition coefficient (Wildman–Crippen LogP) is 1.35. The minimum absolute atomic E-state index is 0.177. The molecule has 104 valence electrons. The van der Waals surface area contributed by atoms with Gasteiger partial charge in [0.15, 0.2) is 0 Å². The zero-order chi connectivity index (χ0) is 14.4. The van der Waals surface area contributed by atoms with E-state index in [9.17, 15) is 18.8 Å². The summed E-state index contributed by atoms with van der Waals surface area (Å²) in [5.74, 6) is -1.56. The SMILES string of the molecule is O=C1CCC(N2Cc3cc(F)cc(Br)c3C2=O)C(=O)N1. The monoisotopic (exact) mass is 340 g/mol. The van der Waals surface area contributed by atoms with E-state index in [1.807, 2.05) is 0 Å². The van der Waals surface area contributed by atoms with Crippen molar-refractivity contribution in [2.24, 2.45) is 0 Å². The van der Waals surface area contributed by atoms with Crippen molar-refractivity contribution in [1.82, 2.24) is 10.2 Å². The van der Waals surface area contributed by atoms with Crippen LogP contribution in [0.1, 0.15) is 28.8 Å². The molecule has 3 amide bonds. The van der Waals surface area contributed by atoms with Crippen LogP contribution in [0.4, 0.5) is 4.39 Å². The Kier molecular flexibility index (Phi) is 3.08. The molecular weight excluding hydrogens is 331 g/mol. The summed E-state index contributed by atoms with van der Waals surface area (Å²) in [5.41, 5.74) is 0.933. The lowest BCUT2D eigenvalue weighted by molar-refractivity contribution is -0.136. The highest BCUT2D eigenvalue weighted by Gasteiger charge is 2.40. The number of nitrogens with one attached hydrogen (secondary N) is 1. The molecule has 0 bridgehead atoms. The van der Waals surface area contributed by atoms with Crippen LogP contribution in [-0.2, 0) is 16.1 Å². The predicted molar refractivity (Wildman–Crippen MR) is 70.1 cm³/mol. The van der Waals surface area contributed by atoms with Crippen molar-refractivity contribution >= 4 is 33.7 Å². The molecule has 2 aliphatic rings. The maximum atomic E-state index is 13.4. The topological polar surface area (TPSA) is 66.5 Å². The highest BCUT2D eigenvalue weighted by atomic mass is 79.9. The Morgan fingerprint density at radius 3 is 2.75 bits per heavy atom. The van der Waals surface area contributed by atoms with Crippen LogP contribution in [0.15, 0.2) is 16.6 Å². The van der Waals surface area contributed by atoms with Gasteiger partial charge in [-0.3, -0.25) is 19.7 Å². The Labute approximate surface area is 122 Å². The molecule has 0 saturated carbocycles. The highest BCUT2D eigenvalue weighted by Crippen LogP contribution is 2.33. The number of imide groups is 1. The fraction of sp³-hybridized carbons (Fsp3) is 0.308.